The molecule has 104 valence electrons. The highest BCUT2D eigenvalue weighted by molar-refractivity contribution is 5.77. The minimum absolute atomic E-state index is 0.183. The minimum atomic E-state index is 0.183. The monoisotopic (exact) mass is 254 g/mol. The zero-order chi connectivity index (χ0) is 12.8. The van der Waals surface area contributed by atoms with E-state index in [9.17, 15) is 4.79 Å². The summed E-state index contributed by atoms with van der Waals surface area (Å²) in [4.78, 5) is 13.9. The van der Waals surface area contributed by atoms with Gasteiger partial charge in [0.25, 0.3) is 0 Å². The molecule has 4 nitrogen and oxygen atoms in total. The molecule has 1 aliphatic carbocycles. The van der Waals surface area contributed by atoms with E-state index >= 15 is 0 Å². The minimum Gasteiger partial charge on any atom is -0.371 e. The molecule has 0 atom stereocenters. The molecule has 1 aliphatic heterocycles. The number of hydrogen-bond acceptors (Lipinski definition) is 3. The second kappa shape index (κ2) is 7.10. The van der Waals surface area contributed by atoms with Crippen LogP contribution in [0.4, 0.5) is 0 Å². The largest absolute Gasteiger partial charge is 0.371 e. The highest BCUT2D eigenvalue weighted by atomic mass is 16.5. The van der Waals surface area contributed by atoms with Gasteiger partial charge in [-0.05, 0) is 57.5 Å². The van der Waals surface area contributed by atoms with E-state index in [1.165, 1.54) is 19.3 Å². The molecule has 0 aromatic carbocycles. The number of carbonyl (C=O) groups excluding carboxylic acids is 1. The maximum atomic E-state index is 11.9. The van der Waals surface area contributed by atoms with Gasteiger partial charge in [-0.15, -0.1) is 0 Å². The van der Waals surface area contributed by atoms with Crippen molar-refractivity contribution in [1.29, 1.82) is 0 Å². The van der Waals surface area contributed by atoms with Crippen LogP contribution in [0, 0.1) is 11.8 Å². The average Bonchev–Trinajstić information content (AvgIpc) is 3.21. The van der Waals surface area contributed by atoms with E-state index in [1.54, 1.807) is 0 Å². The van der Waals surface area contributed by atoms with Gasteiger partial charge in [-0.1, -0.05) is 0 Å². The van der Waals surface area contributed by atoms with Crippen molar-refractivity contribution in [2.75, 3.05) is 39.9 Å². The van der Waals surface area contributed by atoms with Crippen LogP contribution in [0.1, 0.15) is 32.1 Å². The molecule has 1 N–H and O–H groups in total. The molecule has 0 aromatic heterocycles. The van der Waals surface area contributed by atoms with Crippen molar-refractivity contribution in [1.82, 2.24) is 10.2 Å². The fourth-order valence-electron chi connectivity index (χ4n) is 2.51. The van der Waals surface area contributed by atoms with E-state index in [0.717, 1.165) is 50.9 Å². The van der Waals surface area contributed by atoms with E-state index in [4.69, 9.17) is 4.74 Å². The second-order valence-electron chi connectivity index (χ2n) is 5.67. The van der Waals surface area contributed by atoms with E-state index < -0.39 is 0 Å². The molecular formula is C14H26N2O2. The normalized spacial score (nSPS) is 21.3. The molecule has 18 heavy (non-hydrogen) atoms. The van der Waals surface area contributed by atoms with Gasteiger partial charge in [0.2, 0.25) is 5.91 Å². The van der Waals surface area contributed by atoms with Crippen LogP contribution in [-0.4, -0.2) is 50.7 Å². The molecule has 2 aliphatic rings. The highest BCUT2D eigenvalue weighted by Crippen LogP contribution is 2.28. The predicted octanol–water partition coefficient (Wildman–Crippen LogP) is 1.26. The van der Waals surface area contributed by atoms with E-state index in [-0.39, 0.29) is 12.5 Å². The number of rotatable bonds is 7. The number of nitrogens with zero attached hydrogens (tertiary/aromatic N) is 1. The second-order valence-corrected chi connectivity index (χ2v) is 5.67. The van der Waals surface area contributed by atoms with E-state index in [0.29, 0.717) is 0 Å². The predicted molar refractivity (Wildman–Crippen MR) is 71.4 cm³/mol. The number of carbonyl (C=O) groups is 1. The van der Waals surface area contributed by atoms with Gasteiger partial charge in [-0.2, -0.15) is 0 Å². The number of nitrogens with one attached hydrogen (secondary N) is 1. The average molecular weight is 254 g/mol. The van der Waals surface area contributed by atoms with Gasteiger partial charge in [-0.25, -0.2) is 0 Å². The highest BCUT2D eigenvalue weighted by Gasteiger charge is 2.24. The van der Waals surface area contributed by atoms with Gasteiger partial charge >= 0.3 is 0 Å². The topological polar surface area (TPSA) is 41.6 Å². The van der Waals surface area contributed by atoms with Crippen LogP contribution in [-0.2, 0) is 9.53 Å². The fraction of sp³-hybridized carbons (Fsp3) is 0.929. The molecule has 1 amide bonds. The Kier molecular flexibility index (Phi) is 5.45. The van der Waals surface area contributed by atoms with Gasteiger partial charge in [0, 0.05) is 13.1 Å². The maximum absolute atomic E-state index is 11.9. The zero-order valence-corrected chi connectivity index (χ0v) is 11.5. The molecule has 1 saturated carbocycles. The molecule has 0 unspecified atom stereocenters. The summed E-state index contributed by atoms with van der Waals surface area (Å²) in [6, 6.07) is 0. The number of hydrogen-bond donors (Lipinski definition) is 1. The summed E-state index contributed by atoms with van der Waals surface area (Å²) in [6.07, 6.45) is 6.10. The van der Waals surface area contributed by atoms with Crippen molar-refractivity contribution in [2.45, 2.75) is 32.1 Å². The Morgan fingerprint density at radius 3 is 2.56 bits per heavy atom. The van der Waals surface area contributed by atoms with Crippen molar-refractivity contribution in [3.8, 4) is 0 Å². The first kappa shape index (κ1) is 13.8. The standard InChI is InChI=1S/C14H26N2O2/c1-15-7-4-12-5-8-16(9-6-12)14(17)11-18-10-13-2-3-13/h12-13,15H,2-11H2,1H3. The number of likely N-dealkylation sites (tertiary alicyclic amines) is 1. The Hall–Kier alpha value is -0.610. The molecule has 1 saturated heterocycles. The Labute approximate surface area is 110 Å². The molecule has 2 rings (SSSR count). The van der Waals surface area contributed by atoms with E-state index in [2.05, 4.69) is 5.32 Å². The summed E-state index contributed by atoms with van der Waals surface area (Å²) in [5.41, 5.74) is 0. The van der Waals surface area contributed by atoms with Crippen molar-refractivity contribution in [3.63, 3.8) is 0 Å². The lowest BCUT2D eigenvalue weighted by Crippen LogP contribution is -2.40. The van der Waals surface area contributed by atoms with Crippen LogP contribution in [0.25, 0.3) is 0 Å². The Morgan fingerprint density at radius 2 is 1.94 bits per heavy atom. The molecular weight excluding hydrogens is 228 g/mol. The van der Waals surface area contributed by atoms with Crippen LogP contribution in [0.2, 0.25) is 0 Å². The first-order valence-electron chi connectivity index (χ1n) is 7.29. The first-order chi connectivity index (χ1) is 8.79. The molecule has 2 fully saturated rings. The molecule has 4 heteroatoms. The summed E-state index contributed by atoms with van der Waals surface area (Å²) in [5.74, 6) is 1.71. The summed E-state index contributed by atoms with van der Waals surface area (Å²) < 4.78 is 5.46. The van der Waals surface area contributed by atoms with Crippen LogP contribution < -0.4 is 5.32 Å². The Bertz CT molecular complexity index is 259. The molecule has 0 spiro atoms. The third-order valence-corrected chi connectivity index (χ3v) is 4.05. The van der Waals surface area contributed by atoms with Crippen LogP contribution in [0.5, 0.6) is 0 Å². The third kappa shape index (κ3) is 4.58. The third-order valence-electron chi connectivity index (χ3n) is 4.05. The molecule has 1 heterocycles. The van der Waals surface area contributed by atoms with Crippen molar-refractivity contribution >= 4 is 5.91 Å². The molecule has 0 radical (unpaired) electrons. The van der Waals surface area contributed by atoms with Crippen LogP contribution >= 0.6 is 0 Å². The van der Waals surface area contributed by atoms with Gasteiger partial charge in [0.05, 0.1) is 6.61 Å². The summed E-state index contributed by atoms with van der Waals surface area (Å²) in [7, 11) is 2.00. The van der Waals surface area contributed by atoms with Gasteiger partial charge in [-0.3, -0.25) is 4.79 Å². The smallest absolute Gasteiger partial charge is 0.248 e. The summed E-state index contributed by atoms with van der Waals surface area (Å²) in [5, 5.41) is 3.19. The van der Waals surface area contributed by atoms with E-state index in [1.807, 2.05) is 11.9 Å². The lowest BCUT2D eigenvalue weighted by Gasteiger charge is -2.32. The zero-order valence-electron chi connectivity index (χ0n) is 11.5. The quantitative estimate of drug-likeness (QED) is 0.744. The van der Waals surface area contributed by atoms with Gasteiger partial charge in [0.1, 0.15) is 6.61 Å². The number of piperidine rings is 1. The summed E-state index contributed by atoms with van der Waals surface area (Å²) >= 11 is 0. The lowest BCUT2D eigenvalue weighted by molar-refractivity contribution is -0.137. The Morgan fingerprint density at radius 1 is 1.22 bits per heavy atom. The number of ether oxygens (including phenoxy) is 1. The summed E-state index contributed by atoms with van der Waals surface area (Å²) in [6.45, 7) is 3.99. The van der Waals surface area contributed by atoms with Crippen molar-refractivity contribution < 1.29 is 9.53 Å². The maximum Gasteiger partial charge on any atom is 0.248 e. The Balaban J connectivity index is 1.57. The van der Waals surface area contributed by atoms with Crippen molar-refractivity contribution in [3.05, 3.63) is 0 Å². The molecule has 0 bridgehead atoms. The molecule has 0 aromatic rings. The first-order valence-corrected chi connectivity index (χ1v) is 7.29. The lowest BCUT2D eigenvalue weighted by atomic mass is 9.93. The van der Waals surface area contributed by atoms with Crippen LogP contribution in [0.15, 0.2) is 0 Å². The fourth-order valence-corrected chi connectivity index (χ4v) is 2.51. The van der Waals surface area contributed by atoms with Gasteiger partial charge < -0.3 is 15.0 Å². The van der Waals surface area contributed by atoms with Crippen LogP contribution in [0.3, 0.4) is 0 Å². The van der Waals surface area contributed by atoms with Crippen molar-refractivity contribution in [2.24, 2.45) is 11.8 Å². The van der Waals surface area contributed by atoms with Gasteiger partial charge in [0.15, 0.2) is 0 Å². The SMILES string of the molecule is CNCCC1CCN(C(=O)COCC2CC2)CC1. The number of amides is 1.